The number of aromatic nitrogens is 1. The van der Waals surface area contributed by atoms with Gasteiger partial charge in [0.2, 0.25) is 0 Å². The van der Waals surface area contributed by atoms with Gasteiger partial charge in [-0.05, 0) is 49.6 Å². The quantitative estimate of drug-likeness (QED) is 0.316. The van der Waals surface area contributed by atoms with Crippen molar-refractivity contribution in [3.8, 4) is 17.2 Å². The SMILES string of the molecule is Cc1c(-c2cc(C(=O)O)c3c(OC4CC4c4ccccc4)ccc(C)c3n2)oc2ccccc12. The number of nitrogens with zero attached hydrogens (tertiary/aromatic N) is 1. The third kappa shape index (κ3) is 3.32. The number of pyridine rings is 1. The van der Waals surface area contributed by atoms with Crippen molar-refractivity contribution < 1.29 is 19.1 Å². The topological polar surface area (TPSA) is 72.6 Å². The van der Waals surface area contributed by atoms with E-state index in [0.29, 0.717) is 34.0 Å². The molecule has 2 aromatic heterocycles. The van der Waals surface area contributed by atoms with Crippen LogP contribution in [0, 0.1) is 13.8 Å². The monoisotopic (exact) mass is 449 g/mol. The minimum atomic E-state index is -1.02. The molecule has 5 heteroatoms. The lowest BCUT2D eigenvalue weighted by Gasteiger charge is -2.14. The molecule has 6 rings (SSSR count). The van der Waals surface area contributed by atoms with E-state index in [1.807, 2.05) is 68.4 Å². The number of carbonyl (C=O) groups is 1. The number of hydrogen-bond donors (Lipinski definition) is 1. The maximum absolute atomic E-state index is 12.4. The van der Waals surface area contributed by atoms with Gasteiger partial charge in [-0.15, -0.1) is 0 Å². The smallest absolute Gasteiger partial charge is 0.336 e. The van der Waals surface area contributed by atoms with Gasteiger partial charge in [0, 0.05) is 16.9 Å². The van der Waals surface area contributed by atoms with Gasteiger partial charge in [0.15, 0.2) is 5.76 Å². The molecule has 5 nitrogen and oxygen atoms in total. The van der Waals surface area contributed by atoms with Crippen LogP contribution in [0.2, 0.25) is 0 Å². The maximum Gasteiger partial charge on any atom is 0.336 e. The van der Waals surface area contributed by atoms with E-state index in [1.54, 1.807) is 6.07 Å². The van der Waals surface area contributed by atoms with Crippen molar-refractivity contribution >= 4 is 27.8 Å². The minimum absolute atomic E-state index is 0.0206. The van der Waals surface area contributed by atoms with Crippen molar-refractivity contribution in [2.45, 2.75) is 32.3 Å². The molecule has 2 atom stereocenters. The summed E-state index contributed by atoms with van der Waals surface area (Å²) >= 11 is 0. The summed E-state index contributed by atoms with van der Waals surface area (Å²) < 4.78 is 12.4. The first kappa shape index (κ1) is 20.5. The first-order valence-corrected chi connectivity index (χ1v) is 11.4. The van der Waals surface area contributed by atoms with Crippen LogP contribution in [-0.2, 0) is 0 Å². The molecule has 1 aliphatic rings. The number of fused-ring (bicyclic) bond motifs is 2. The lowest BCUT2D eigenvalue weighted by atomic mass is 10.0. The standard InChI is InChI=1S/C29H23NO4/c1-16-12-13-24(33-25-15-20(25)18-8-4-3-5-9-18)26-21(29(31)32)14-22(30-27(16)26)28-17(2)19-10-6-7-11-23(19)34-28/h3-14,20,25H,15H2,1-2H3,(H,31,32). The highest BCUT2D eigenvalue weighted by Crippen LogP contribution is 2.45. The van der Waals surface area contributed by atoms with Crippen LogP contribution in [0.25, 0.3) is 33.3 Å². The summed E-state index contributed by atoms with van der Waals surface area (Å²) in [7, 11) is 0. The summed E-state index contributed by atoms with van der Waals surface area (Å²) in [6, 6.07) is 23.4. The molecule has 3 aromatic carbocycles. The molecule has 168 valence electrons. The Morgan fingerprint density at radius 2 is 1.79 bits per heavy atom. The average Bonchev–Trinajstić information content (AvgIpc) is 3.55. The van der Waals surface area contributed by atoms with Gasteiger partial charge in [-0.1, -0.05) is 54.6 Å². The van der Waals surface area contributed by atoms with E-state index in [9.17, 15) is 9.90 Å². The molecule has 0 amide bonds. The predicted molar refractivity (Wildman–Crippen MR) is 132 cm³/mol. The molecule has 0 aliphatic heterocycles. The molecule has 34 heavy (non-hydrogen) atoms. The number of carboxylic acids is 1. The van der Waals surface area contributed by atoms with Crippen molar-refractivity contribution in [3.63, 3.8) is 0 Å². The summed E-state index contributed by atoms with van der Waals surface area (Å²) in [6.07, 6.45) is 0.929. The number of carboxylic acid groups (broad SMARTS) is 1. The molecule has 0 spiro atoms. The molecule has 0 radical (unpaired) electrons. The largest absolute Gasteiger partial charge is 0.489 e. The Balaban J connectivity index is 1.47. The molecular weight excluding hydrogens is 426 g/mol. The molecular formula is C29H23NO4. The molecule has 1 saturated carbocycles. The number of furan rings is 1. The van der Waals surface area contributed by atoms with Gasteiger partial charge in [-0.25, -0.2) is 9.78 Å². The lowest BCUT2D eigenvalue weighted by molar-refractivity contribution is 0.0698. The van der Waals surface area contributed by atoms with Crippen LogP contribution in [0.4, 0.5) is 0 Å². The Bertz CT molecular complexity index is 1570. The average molecular weight is 450 g/mol. The predicted octanol–water partition coefficient (Wildman–Crippen LogP) is 6.90. The first-order chi connectivity index (χ1) is 16.5. The fraction of sp³-hybridized carbons (Fsp3) is 0.172. The lowest BCUT2D eigenvalue weighted by Crippen LogP contribution is -2.06. The van der Waals surface area contributed by atoms with Crippen molar-refractivity contribution in [2.24, 2.45) is 0 Å². The highest BCUT2D eigenvalue weighted by molar-refractivity contribution is 6.07. The Labute approximate surface area is 196 Å². The number of aryl methyl sites for hydroxylation is 2. The van der Waals surface area contributed by atoms with Crippen LogP contribution in [-0.4, -0.2) is 22.2 Å². The number of benzene rings is 3. The van der Waals surface area contributed by atoms with Crippen LogP contribution in [0.5, 0.6) is 5.75 Å². The second-order valence-corrected chi connectivity index (χ2v) is 8.93. The van der Waals surface area contributed by atoms with Crippen LogP contribution < -0.4 is 4.74 Å². The van der Waals surface area contributed by atoms with Gasteiger partial charge >= 0.3 is 5.97 Å². The second-order valence-electron chi connectivity index (χ2n) is 8.93. The van der Waals surface area contributed by atoms with Gasteiger partial charge in [0.25, 0.3) is 0 Å². The van der Waals surface area contributed by atoms with Crippen LogP contribution in [0.3, 0.4) is 0 Å². The molecule has 2 unspecified atom stereocenters. The van der Waals surface area contributed by atoms with E-state index in [2.05, 4.69) is 12.1 Å². The van der Waals surface area contributed by atoms with Crippen LogP contribution >= 0.6 is 0 Å². The molecule has 0 saturated heterocycles. The molecule has 1 fully saturated rings. The first-order valence-electron chi connectivity index (χ1n) is 11.4. The van der Waals surface area contributed by atoms with E-state index in [-0.39, 0.29) is 11.7 Å². The van der Waals surface area contributed by atoms with Crippen molar-refractivity contribution in [1.82, 2.24) is 4.98 Å². The Hall–Kier alpha value is -4.12. The Morgan fingerprint density at radius 1 is 1.03 bits per heavy atom. The number of hydrogen-bond acceptors (Lipinski definition) is 4. The van der Waals surface area contributed by atoms with Crippen LogP contribution in [0.15, 0.2) is 77.2 Å². The maximum atomic E-state index is 12.4. The van der Waals surface area contributed by atoms with E-state index >= 15 is 0 Å². The summed E-state index contributed by atoms with van der Waals surface area (Å²) in [5.41, 5.74) is 5.10. The third-order valence-electron chi connectivity index (χ3n) is 6.67. The fourth-order valence-electron chi connectivity index (χ4n) is 4.76. The number of rotatable bonds is 5. The van der Waals surface area contributed by atoms with Gasteiger partial charge in [-0.3, -0.25) is 0 Å². The zero-order valence-corrected chi connectivity index (χ0v) is 18.9. The summed E-state index contributed by atoms with van der Waals surface area (Å²) in [6.45, 7) is 3.90. The van der Waals surface area contributed by atoms with E-state index in [4.69, 9.17) is 14.1 Å². The minimum Gasteiger partial charge on any atom is -0.489 e. The van der Waals surface area contributed by atoms with Gasteiger partial charge < -0.3 is 14.3 Å². The number of aromatic carboxylic acids is 1. The van der Waals surface area contributed by atoms with E-state index in [0.717, 1.165) is 28.5 Å². The highest BCUT2D eigenvalue weighted by atomic mass is 16.5. The van der Waals surface area contributed by atoms with Gasteiger partial charge in [0.05, 0.1) is 16.5 Å². The van der Waals surface area contributed by atoms with Gasteiger partial charge in [0.1, 0.15) is 23.1 Å². The highest BCUT2D eigenvalue weighted by Gasteiger charge is 2.41. The third-order valence-corrected chi connectivity index (χ3v) is 6.67. The van der Waals surface area contributed by atoms with Crippen molar-refractivity contribution in [1.29, 1.82) is 0 Å². The molecule has 0 bridgehead atoms. The summed E-state index contributed by atoms with van der Waals surface area (Å²) in [4.78, 5) is 17.3. The Kier molecular flexibility index (Phi) is 4.66. The second kappa shape index (κ2) is 7.73. The zero-order valence-electron chi connectivity index (χ0n) is 18.9. The van der Waals surface area contributed by atoms with E-state index < -0.39 is 5.97 Å². The summed E-state index contributed by atoms with van der Waals surface area (Å²) in [5.74, 6) is 0.439. The van der Waals surface area contributed by atoms with Crippen LogP contribution in [0.1, 0.15) is 39.4 Å². The van der Waals surface area contributed by atoms with Crippen molar-refractivity contribution in [2.75, 3.05) is 0 Å². The number of para-hydroxylation sites is 1. The number of ether oxygens (including phenoxy) is 1. The fourth-order valence-corrected chi connectivity index (χ4v) is 4.76. The normalized spacial score (nSPS) is 17.2. The Morgan fingerprint density at radius 3 is 2.56 bits per heavy atom. The molecule has 5 aromatic rings. The zero-order chi connectivity index (χ0) is 23.4. The van der Waals surface area contributed by atoms with Gasteiger partial charge in [-0.2, -0.15) is 0 Å². The molecule has 1 aliphatic carbocycles. The molecule has 1 N–H and O–H groups in total. The van der Waals surface area contributed by atoms with Crippen molar-refractivity contribution in [3.05, 3.63) is 95.1 Å². The molecule has 2 heterocycles. The summed E-state index contributed by atoms with van der Waals surface area (Å²) in [5, 5.41) is 11.7. The van der Waals surface area contributed by atoms with E-state index in [1.165, 1.54) is 5.56 Å².